The summed E-state index contributed by atoms with van der Waals surface area (Å²) in [5.74, 6) is -1.65. The van der Waals surface area contributed by atoms with Gasteiger partial charge in [-0.25, -0.2) is 23.1 Å². The van der Waals surface area contributed by atoms with E-state index >= 15 is 0 Å². The van der Waals surface area contributed by atoms with Gasteiger partial charge in [0.15, 0.2) is 0 Å². The van der Waals surface area contributed by atoms with Gasteiger partial charge in [0, 0.05) is 19.5 Å². The third-order valence-electron chi connectivity index (χ3n) is 2.49. The van der Waals surface area contributed by atoms with E-state index in [1.807, 2.05) is 0 Å². The smallest absolute Gasteiger partial charge is 0.326 e. The second-order valence-corrected chi connectivity index (χ2v) is 5.73. The van der Waals surface area contributed by atoms with Gasteiger partial charge in [0.2, 0.25) is 10.0 Å². The van der Waals surface area contributed by atoms with Crippen LogP contribution in [0.2, 0.25) is 0 Å². The van der Waals surface area contributed by atoms with E-state index in [1.54, 1.807) is 0 Å². The number of likely N-dealkylation sites (tertiary alicyclic amines) is 1. The Morgan fingerprint density at radius 2 is 2.06 bits per heavy atom. The Morgan fingerprint density at radius 1 is 1.44 bits per heavy atom. The summed E-state index contributed by atoms with van der Waals surface area (Å²) in [7, 11) is -3.68. The number of β-amino-alcohol motifs (C(OH)–C–C–N with tert-alkyl or cyclic N) is 1. The first-order valence-electron chi connectivity index (χ1n) is 5.16. The number of primary sulfonamides is 1. The molecule has 1 aliphatic rings. The third kappa shape index (κ3) is 4.13. The monoisotopic (exact) mass is 281 g/mol. The van der Waals surface area contributed by atoms with Crippen molar-refractivity contribution in [2.45, 2.75) is 18.6 Å². The molecule has 0 saturated carbocycles. The average Bonchev–Trinajstić information content (AvgIpc) is 2.58. The number of urea groups is 1. The molecule has 0 aromatic carbocycles. The molecular formula is C8H15N3O6S. The van der Waals surface area contributed by atoms with E-state index in [1.165, 1.54) is 0 Å². The van der Waals surface area contributed by atoms with Gasteiger partial charge in [-0.15, -0.1) is 0 Å². The molecule has 1 rings (SSSR count). The zero-order valence-corrected chi connectivity index (χ0v) is 10.3. The fraction of sp³-hybridized carbons (Fsp3) is 0.750. The van der Waals surface area contributed by atoms with Crippen molar-refractivity contribution in [1.82, 2.24) is 10.2 Å². The number of carbonyl (C=O) groups excluding carboxylic acids is 1. The van der Waals surface area contributed by atoms with Crippen LogP contribution >= 0.6 is 0 Å². The molecule has 2 amide bonds. The van der Waals surface area contributed by atoms with Crippen LogP contribution in [-0.2, 0) is 14.8 Å². The molecule has 9 nitrogen and oxygen atoms in total. The number of sulfonamides is 1. The van der Waals surface area contributed by atoms with Crippen LogP contribution in [0.4, 0.5) is 4.79 Å². The fourth-order valence-corrected chi connectivity index (χ4v) is 2.06. The summed E-state index contributed by atoms with van der Waals surface area (Å²) in [5, 5.41) is 25.2. The average molecular weight is 281 g/mol. The van der Waals surface area contributed by atoms with Crippen molar-refractivity contribution in [3.05, 3.63) is 0 Å². The number of rotatable bonds is 4. The van der Waals surface area contributed by atoms with Crippen LogP contribution < -0.4 is 10.5 Å². The van der Waals surface area contributed by atoms with Crippen LogP contribution in [0.5, 0.6) is 0 Å². The van der Waals surface area contributed by atoms with E-state index in [0.29, 0.717) is 0 Å². The van der Waals surface area contributed by atoms with Gasteiger partial charge < -0.3 is 20.4 Å². The number of nitrogens with two attached hydrogens (primary N) is 1. The largest absolute Gasteiger partial charge is 0.480 e. The maximum absolute atomic E-state index is 11.6. The number of nitrogens with one attached hydrogen (secondary N) is 1. The minimum Gasteiger partial charge on any atom is -0.480 e. The van der Waals surface area contributed by atoms with Crippen molar-refractivity contribution in [3.8, 4) is 0 Å². The van der Waals surface area contributed by atoms with Crippen LogP contribution in [0.25, 0.3) is 0 Å². The third-order valence-corrected chi connectivity index (χ3v) is 3.26. The van der Waals surface area contributed by atoms with Gasteiger partial charge in [-0.2, -0.15) is 0 Å². The number of nitrogens with zero attached hydrogens (tertiary/aromatic N) is 1. The highest BCUT2D eigenvalue weighted by atomic mass is 32.2. The summed E-state index contributed by atoms with van der Waals surface area (Å²) in [4.78, 5) is 23.4. The zero-order chi connectivity index (χ0) is 13.9. The molecule has 104 valence electrons. The molecule has 0 aromatic heterocycles. The quantitative estimate of drug-likeness (QED) is 0.447. The summed E-state index contributed by atoms with van der Waals surface area (Å²) in [6, 6.07) is -1.84. The highest BCUT2D eigenvalue weighted by Gasteiger charge is 2.38. The van der Waals surface area contributed by atoms with Crippen molar-refractivity contribution >= 4 is 22.0 Å². The van der Waals surface area contributed by atoms with Crippen molar-refractivity contribution in [3.63, 3.8) is 0 Å². The number of carboxylic acid groups (broad SMARTS) is 1. The van der Waals surface area contributed by atoms with Gasteiger partial charge in [-0.05, 0) is 0 Å². The van der Waals surface area contributed by atoms with E-state index in [0.717, 1.165) is 4.90 Å². The molecule has 2 atom stereocenters. The van der Waals surface area contributed by atoms with Crippen molar-refractivity contribution < 1.29 is 28.2 Å². The molecule has 1 heterocycles. The van der Waals surface area contributed by atoms with Gasteiger partial charge in [0.1, 0.15) is 6.04 Å². The molecule has 10 heteroatoms. The van der Waals surface area contributed by atoms with Gasteiger partial charge in [0.05, 0.1) is 11.9 Å². The molecule has 1 saturated heterocycles. The van der Waals surface area contributed by atoms with E-state index < -0.39 is 39.9 Å². The van der Waals surface area contributed by atoms with Gasteiger partial charge in [0.25, 0.3) is 0 Å². The molecule has 0 radical (unpaired) electrons. The van der Waals surface area contributed by atoms with Crippen LogP contribution in [0, 0.1) is 0 Å². The minimum atomic E-state index is -3.68. The highest BCUT2D eigenvalue weighted by molar-refractivity contribution is 7.89. The molecule has 2 unspecified atom stereocenters. The molecule has 0 spiro atoms. The maximum Gasteiger partial charge on any atom is 0.326 e. The summed E-state index contributed by atoms with van der Waals surface area (Å²) in [6.07, 6.45) is -0.937. The summed E-state index contributed by atoms with van der Waals surface area (Å²) < 4.78 is 21.3. The summed E-state index contributed by atoms with van der Waals surface area (Å²) in [6.45, 7) is -0.311. The highest BCUT2D eigenvalue weighted by Crippen LogP contribution is 2.17. The molecule has 0 aliphatic carbocycles. The number of hydrogen-bond acceptors (Lipinski definition) is 5. The van der Waals surface area contributed by atoms with Gasteiger partial charge in [-0.3, -0.25) is 0 Å². The van der Waals surface area contributed by atoms with E-state index in [-0.39, 0.29) is 19.5 Å². The maximum atomic E-state index is 11.6. The lowest BCUT2D eigenvalue weighted by Gasteiger charge is -2.21. The van der Waals surface area contributed by atoms with Crippen molar-refractivity contribution in [2.24, 2.45) is 5.14 Å². The topological polar surface area (TPSA) is 150 Å². The van der Waals surface area contributed by atoms with Crippen LogP contribution in [0.3, 0.4) is 0 Å². The van der Waals surface area contributed by atoms with Crippen molar-refractivity contribution in [1.29, 1.82) is 0 Å². The Kier molecular flexibility index (Phi) is 4.48. The Hall–Kier alpha value is -1.39. The predicted octanol–water partition coefficient (Wildman–Crippen LogP) is -2.50. The van der Waals surface area contributed by atoms with Crippen LogP contribution in [0.15, 0.2) is 0 Å². The van der Waals surface area contributed by atoms with Gasteiger partial charge >= 0.3 is 12.0 Å². The Balaban J connectivity index is 2.53. The van der Waals surface area contributed by atoms with Crippen LogP contribution in [0.1, 0.15) is 6.42 Å². The number of amides is 2. The lowest BCUT2D eigenvalue weighted by Crippen LogP contribution is -2.47. The SMILES string of the molecule is NS(=O)(=O)CCNC(=O)N1CC(O)CC1C(=O)O. The predicted molar refractivity (Wildman–Crippen MR) is 60.1 cm³/mol. The minimum absolute atomic E-state index is 0.0437. The number of carbonyl (C=O) groups is 2. The van der Waals surface area contributed by atoms with Crippen LogP contribution in [-0.4, -0.2) is 66.5 Å². The second kappa shape index (κ2) is 5.50. The molecule has 18 heavy (non-hydrogen) atoms. The fourth-order valence-electron chi connectivity index (χ4n) is 1.67. The Bertz CT molecular complexity index is 436. The Labute approximate surface area is 104 Å². The summed E-state index contributed by atoms with van der Waals surface area (Å²) >= 11 is 0. The Morgan fingerprint density at radius 3 is 2.56 bits per heavy atom. The first kappa shape index (κ1) is 14.7. The first-order valence-corrected chi connectivity index (χ1v) is 6.88. The van der Waals surface area contributed by atoms with E-state index in [9.17, 15) is 23.1 Å². The molecule has 5 N–H and O–H groups in total. The van der Waals surface area contributed by atoms with Gasteiger partial charge in [-0.1, -0.05) is 0 Å². The van der Waals surface area contributed by atoms with Crippen molar-refractivity contribution in [2.75, 3.05) is 18.8 Å². The number of hydrogen-bond donors (Lipinski definition) is 4. The molecule has 0 bridgehead atoms. The number of aliphatic hydroxyl groups is 1. The number of carboxylic acids is 1. The van der Waals surface area contributed by atoms with E-state index in [2.05, 4.69) is 5.32 Å². The molecule has 1 fully saturated rings. The number of aliphatic hydroxyl groups excluding tert-OH is 1. The zero-order valence-electron chi connectivity index (χ0n) is 9.44. The molecule has 0 aromatic rings. The lowest BCUT2D eigenvalue weighted by atomic mass is 10.2. The standard InChI is InChI=1S/C8H15N3O6S/c9-18(16,17)2-1-10-8(15)11-4-5(12)3-6(11)7(13)14/h5-6,12H,1-4H2,(H,10,15)(H,13,14)(H2,9,16,17). The van der Waals surface area contributed by atoms with E-state index in [4.69, 9.17) is 10.2 Å². The first-order chi connectivity index (χ1) is 8.20. The lowest BCUT2D eigenvalue weighted by molar-refractivity contribution is -0.141. The summed E-state index contributed by atoms with van der Waals surface area (Å²) in [5.41, 5.74) is 0. The molecular weight excluding hydrogens is 266 g/mol. The normalized spacial score (nSPS) is 24.0. The molecule has 1 aliphatic heterocycles. The second-order valence-electron chi connectivity index (χ2n) is 3.99. The number of aliphatic carboxylic acids is 1.